The monoisotopic (exact) mass is 246 g/mol. The van der Waals surface area contributed by atoms with E-state index in [-0.39, 0.29) is 17.6 Å². The molecule has 0 aromatic carbocycles. The van der Waals surface area contributed by atoms with Gasteiger partial charge in [0.25, 0.3) is 0 Å². The number of ether oxygens (including phenoxy) is 1. The molecule has 6 heteroatoms. The molecular formula is C10H18N2O3S. The van der Waals surface area contributed by atoms with Crippen LogP contribution < -0.4 is 4.72 Å². The highest BCUT2D eigenvalue weighted by atomic mass is 32.2. The number of rotatable bonds is 4. The van der Waals surface area contributed by atoms with Crippen LogP contribution in [0.2, 0.25) is 0 Å². The van der Waals surface area contributed by atoms with Crippen molar-refractivity contribution in [3.05, 3.63) is 0 Å². The Balaban J connectivity index is 2.69. The highest BCUT2D eigenvalue weighted by Crippen LogP contribution is 2.42. The van der Waals surface area contributed by atoms with Crippen LogP contribution in [0.4, 0.5) is 0 Å². The lowest BCUT2D eigenvalue weighted by Gasteiger charge is -2.51. The van der Waals surface area contributed by atoms with E-state index in [9.17, 15) is 8.42 Å². The van der Waals surface area contributed by atoms with Gasteiger partial charge < -0.3 is 4.74 Å². The lowest BCUT2D eigenvalue weighted by Crippen LogP contribution is -2.62. The summed E-state index contributed by atoms with van der Waals surface area (Å²) >= 11 is 0. The largest absolute Gasteiger partial charge is 0.381 e. The van der Waals surface area contributed by atoms with Crippen LogP contribution in [-0.2, 0) is 14.8 Å². The van der Waals surface area contributed by atoms with Crippen molar-refractivity contribution >= 4 is 10.0 Å². The van der Waals surface area contributed by atoms with Crippen molar-refractivity contribution in [3.8, 4) is 6.07 Å². The van der Waals surface area contributed by atoms with E-state index in [0.717, 1.165) is 0 Å². The Morgan fingerprint density at radius 3 is 2.50 bits per heavy atom. The van der Waals surface area contributed by atoms with Crippen LogP contribution in [0.15, 0.2) is 0 Å². The van der Waals surface area contributed by atoms with Crippen molar-refractivity contribution in [2.75, 3.05) is 7.11 Å². The van der Waals surface area contributed by atoms with Crippen LogP contribution in [0.1, 0.15) is 27.2 Å². The third-order valence-corrected chi connectivity index (χ3v) is 5.07. The molecule has 0 amide bonds. The fourth-order valence-electron chi connectivity index (χ4n) is 1.86. The number of methoxy groups -OCH3 is 1. The number of sulfonamides is 1. The lowest BCUT2D eigenvalue weighted by molar-refractivity contribution is -0.0908. The Bertz CT molecular complexity index is 397. The van der Waals surface area contributed by atoms with Gasteiger partial charge >= 0.3 is 0 Å². The molecule has 16 heavy (non-hydrogen) atoms. The van der Waals surface area contributed by atoms with E-state index in [1.54, 1.807) is 13.2 Å². The third kappa shape index (κ3) is 2.21. The molecule has 1 rings (SSSR count). The molecule has 5 nitrogen and oxygen atoms in total. The molecule has 0 spiro atoms. The van der Waals surface area contributed by atoms with Crippen molar-refractivity contribution < 1.29 is 13.2 Å². The van der Waals surface area contributed by atoms with Gasteiger partial charge in [-0.15, -0.1) is 0 Å². The van der Waals surface area contributed by atoms with Crippen molar-refractivity contribution in [2.45, 2.75) is 44.6 Å². The predicted molar refractivity (Wildman–Crippen MR) is 60.1 cm³/mol. The summed E-state index contributed by atoms with van der Waals surface area (Å²) in [5.74, 6) is 0. The first-order valence-corrected chi connectivity index (χ1v) is 6.74. The minimum absolute atomic E-state index is 0.0672. The summed E-state index contributed by atoms with van der Waals surface area (Å²) in [5, 5.41) is 7.59. The zero-order chi connectivity index (χ0) is 12.6. The number of nitrogens with zero attached hydrogens (tertiary/aromatic N) is 1. The molecule has 3 atom stereocenters. The molecule has 0 radical (unpaired) electrons. The molecule has 3 unspecified atom stereocenters. The first kappa shape index (κ1) is 13.4. The average Bonchev–Trinajstić information content (AvgIpc) is 2.22. The molecule has 0 aromatic heterocycles. The smallest absolute Gasteiger partial charge is 0.227 e. The van der Waals surface area contributed by atoms with Gasteiger partial charge in [-0.05, 0) is 13.3 Å². The summed E-state index contributed by atoms with van der Waals surface area (Å²) in [6.45, 7) is 5.28. The summed E-state index contributed by atoms with van der Waals surface area (Å²) in [6, 6.07) is 1.58. The first-order chi connectivity index (χ1) is 7.25. The van der Waals surface area contributed by atoms with E-state index in [4.69, 9.17) is 10.00 Å². The molecule has 0 bridgehead atoms. The molecule has 92 valence electrons. The number of nitriles is 1. The van der Waals surface area contributed by atoms with Gasteiger partial charge in [0.2, 0.25) is 10.0 Å². The highest BCUT2D eigenvalue weighted by Gasteiger charge is 2.50. The maximum absolute atomic E-state index is 11.7. The summed E-state index contributed by atoms with van der Waals surface area (Å²) in [7, 11) is -1.92. The molecule has 1 aliphatic carbocycles. The van der Waals surface area contributed by atoms with Gasteiger partial charge in [-0.25, -0.2) is 13.1 Å². The van der Waals surface area contributed by atoms with Crippen LogP contribution in [0.3, 0.4) is 0 Å². The Morgan fingerprint density at radius 2 is 2.12 bits per heavy atom. The SMILES string of the molecule is COC1CC(NS(=O)(=O)C(C)C#N)C1(C)C. The minimum Gasteiger partial charge on any atom is -0.381 e. The fraction of sp³-hybridized carbons (Fsp3) is 0.900. The highest BCUT2D eigenvalue weighted by molar-refractivity contribution is 7.90. The second-order valence-corrected chi connectivity index (χ2v) is 6.80. The van der Waals surface area contributed by atoms with E-state index in [0.29, 0.717) is 6.42 Å². The van der Waals surface area contributed by atoms with Gasteiger partial charge in [0.15, 0.2) is 5.25 Å². The van der Waals surface area contributed by atoms with Gasteiger partial charge in [-0.1, -0.05) is 13.8 Å². The predicted octanol–water partition coefficient (Wildman–Crippen LogP) is 0.631. The standard InChI is InChI=1S/C10H18N2O3S/c1-7(6-11)16(13,14)12-8-5-9(15-4)10(8,2)3/h7-9,12H,5H2,1-4H3. The van der Waals surface area contributed by atoms with Crippen LogP contribution in [-0.4, -0.2) is 32.9 Å². The van der Waals surface area contributed by atoms with Gasteiger partial charge in [0.1, 0.15) is 0 Å². The maximum atomic E-state index is 11.7. The minimum atomic E-state index is -3.54. The zero-order valence-corrected chi connectivity index (χ0v) is 10.8. The second-order valence-electron chi connectivity index (χ2n) is 4.77. The second kappa shape index (κ2) is 4.32. The van der Waals surface area contributed by atoms with Gasteiger partial charge in [-0.2, -0.15) is 5.26 Å². The van der Waals surface area contributed by atoms with E-state index in [1.165, 1.54) is 6.92 Å². The van der Waals surface area contributed by atoms with Crippen LogP contribution in [0, 0.1) is 16.7 Å². The van der Waals surface area contributed by atoms with Crippen molar-refractivity contribution in [2.24, 2.45) is 5.41 Å². The summed E-state index contributed by atoms with van der Waals surface area (Å²) in [4.78, 5) is 0. The molecular weight excluding hydrogens is 228 g/mol. The zero-order valence-electron chi connectivity index (χ0n) is 10.0. The summed E-state index contributed by atoms with van der Waals surface area (Å²) in [5.41, 5.74) is -0.225. The summed E-state index contributed by atoms with van der Waals surface area (Å²) in [6.07, 6.45) is 0.721. The van der Waals surface area contributed by atoms with E-state index < -0.39 is 15.3 Å². The number of nitrogens with one attached hydrogen (secondary N) is 1. The Labute approximate surface area is 96.8 Å². The average molecular weight is 246 g/mol. The van der Waals surface area contributed by atoms with Crippen molar-refractivity contribution in [3.63, 3.8) is 0 Å². The Hall–Kier alpha value is -0.640. The fourth-order valence-corrected chi connectivity index (χ4v) is 2.99. The topological polar surface area (TPSA) is 79.2 Å². The quantitative estimate of drug-likeness (QED) is 0.789. The first-order valence-electron chi connectivity index (χ1n) is 5.19. The number of hydrogen-bond acceptors (Lipinski definition) is 4. The van der Waals surface area contributed by atoms with Gasteiger partial charge in [-0.3, -0.25) is 0 Å². The molecule has 1 fully saturated rings. The Morgan fingerprint density at radius 1 is 1.56 bits per heavy atom. The Kier molecular flexibility index (Phi) is 3.62. The molecule has 0 aromatic rings. The molecule has 0 saturated heterocycles. The van der Waals surface area contributed by atoms with E-state index >= 15 is 0 Å². The summed E-state index contributed by atoms with van der Waals surface area (Å²) < 4.78 is 31.1. The third-order valence-electron chi connectivity index (χ3n) is 3.42. The van der Waals surface area contributed by atoms with E-state index in [1.807, 2.05) is 13.8 Å². The maximum Gasteiger partial charge on any atom is 0.227 e. The van der Waals surface area contributed by atoms with E-state index in [2.05, 4.69) is 4.72 Å². The molecule has 1 saturated carbocycles. The van der Waals surface area contributed by atoms with Crippen LogP contribution in [0.25, 0.3) is 0 Å². The van der Waals surface area contributed by atoms with Crippen LogP contribution in [0.5, 0.6) is 0 Å². The molecule has 0 heterocycles. The molecule has 1 N–H and O–H groups in total. The number of hydrogen-bond donors (Lipinski definition) is 1. The van der Waals surface area contributed by atoms with Crippen molar-refractivity contribution in [1.29, 1.82) is 5.26 Å². The van der Waals surface area contributed by atoms with Crippen molar-refractivity contribution in [1.82, 2.24) is 4.72 Å². The lowest BCUT2D eigenvalue weighted by atomic mass is 9.65. The molecule has 0 aliphatic heterocycles. The van der Waals surface area contributed by atoms with Gasteiger partial charge in [0.05, 0.1) is 12.2 Å². The van der Waals surface area contributed by atoms with Gasteiger partial charge in [0, 0.05) is 18.6 Å². The molecule has 1 aliphatic rings. The normalized spacial score (nSPS) is 30.2. The van der Waals surface area contributed by atoms with Crippen LogP contribution >= 0.6 is 0 Å².